The molecule has 2 aromatic rings. The van der Waals surface area contributed by atoms with Gasteiger partial charge in [-0.05, 0) is 36.9 Å². The molecule has 0 radical (unpaired) electrons. The molecule has 8 heteroatoms. The molecule has 1 aromatic heterocycles. The average Bonchev–Trinajstić information content (AvgIpc) is 3.13. The maximum absolute atomic E-state index is 12.8. The van der Waals surface area contributed by atoms with Crippen LogP contribution in [0.1, 0.15) is 47.1 Å². The molecule has 0 saturated carbocycles. The van der Waals surface area contributed by atoms with E-state index in [1.54, 1.807) is 6.07 Å². The van der Waals surface area contributed by atoms with Crippen molar-refractivity contribution in [2.75, 3.05) is 19.6 Å². The van der Waals surface area contributed by atoms with E-state index in [9.17, 15) is 18.0 Å². The highest BCUT2D eigenvalue weighted by atomic mass is 19.4. The number of carbonyl (C=O) groups is 1. The Balaban J connectivity index is 2.15. The van der Waals surface area contributed by atoms with E-state index in [-0.39, 0.29) is 25.0 Å². The molecule has 0 fully saturated rings. The van der Waals surface area contributed by atoms with Gasteiger partial charge in [-0.25, -0.2) is 0 Å². The predicted octanol–water partition coefficient (Wildman–Crippen LogP) is 3.57. The summed E-state index contributed by atoms with van der Waals surface area (Å²) in [5, 5.41) is 2.83. The number of halogens is 3. The molecule has 1 unspecified atom stereocenters. The van der Waals surface area contributed by atoms with E-state index >= 15 is 0 Å². The fourth-order valence-corrected chi connectivity index (χ4v) is 2.91. The van der Waals surface area contributed by atoms with E-state index in [0.29, 0.717) is 30.0 Å². The van der Waals surface area contributed by atoms with E-state index in [2.05, 4.69) is 10.2 Å². The van der Waals surface area contributed by atoms with Crippen LogP contribution in [0.3, 0.4) is 0 Å². The highest BCUT2D eigenvalue weighted by Gasteiger charge is 2.30. The molecule has 5 nitrogen and oxygen atoms in total. The number of rotatable bonds is 8. The van der Waals surface area contributed by atoms with Crippen LogP contribution in [0.4, 0.5) is 13.2 Å². The minimum atomic E-state index is -4.38. The van der Waals surface area contributed by atoms with Crippen LogP contribution < -0.4 is 11.1 Å². The summed E-state index contributed by atoms with van der Waals surface area (Å²) in [7, 11) is 0. The van der Waals surface area contributed by atoms with Crippen molar-refractivity contribution in [1.29, 1.82) is 0 Å². The van der Waals surface area contributed by atoms with E-state index in [1.165, 1.54) is 18.4 Å². The number of furan rings is 1. The molecule has 1 aromatic carbocycles. The summed E-state index contributed by atoms with van der Waals surface area (Å²) < 4.78 is 43.6. The molecule has 2 rings (SSSR count). The summed E-state index contributed by atoms with van der Waals surface area (Å²) >= 11 is 0. The van der Waals surface area contributed by atoms with Crippen LogP contribution in [0.25, 0.3) is 0 Å². The van der Waals surface area contributed by atoms with Gasteiger partial charge in [0.2, 0.25) is 0 Å². The predicted molar refractivity (Wildman–Crippen MR) is 96.0 cm³/mol. The molecular weight excluding hydrogens is 359 g/mol. The second kappa shape index (κ2) is 9.05. The minimum absolute atomic E-state index is 0.195. The van der Waals surface area contributed by atoms with Crippen molar-refractivity contribution in [3.63, 3.8) is 0 Å². The van der Waals surface area contributed by atoms with Crippen LogP contribution >= 0.6 is 0 Å². The smallest absolute Gasteiger partial charge is 0.416 e. The molecule has 1 heterocycles. The standard InChI is InChI=1S/C19H24F3N3O2/c1-3-25(4-2)17(13-5-7-15(8-6-13)19(20,21)22)11-24-18(26)14-9-16(10-23)27-12-14/h5-9,12,17H,3-4,10-11,23H2,1-2H3,(H,24,26). The number of benzene rings is 1. The van der Waals surface area contributed by atoms with Gasteiger partial charge < -0.3 is 15.5 Å². The Hall–Kier alpha value is -2.32. The number of nitrogens with zero attached hydrogens (tertiary/aromatic N) is 1. The van der Waals surface area contributed by atoms with Gasteiger partial charge in [-0.1, -0.05) is 26.0 Å². The second-order valence-electron chi connectivity index (χ2n) is 6.07. The summed E-state index contributed by atoms with van der Waals surface area (Å²) in [6.07, 6.45) is -3.04. The minimum Gasteiger partial charge on any atom is -0.467 e. The van der Waals surface area contributed by atoms with E-state index in [0.717, 1.165) is 12.1 Å². The Morgan fingerprint density at radius 1 is 1.22 bits per heavy atom. The highest BCUT2D eigenvalue weighted by molar-refractivity contribution is 5.94. The molecule has 0 bridgehead atoms. The summed E-state index contributed by atoms with van der Waals surface area (Å²) in [5.74, 6) is 0.186. The Kier molecular flexibility index (Phi) is 7.04. The zero-order valence-corrected chi connectivity index (χ0v) is 15.3. The number of likely N-dealkylation sites (N-methyl/N-ethyl adjacent to an activating group) is 1. The van der Waals surface area contributed by atoms with Crippen molar-refractivity contribution >= 4 is 5.91 Å². The lowest BCUT2D eigenvalue weighted by Gasteiger charge is -2.30. The zero-order chi connectivity index (χ0) is 20.0. The van der Waals surface area contributed by atoms with Gasteiger partial charge in [0.05, 0.1) is 23.7 Å². The maximum Gasteiger partial charge on any atom is 0.416 e. The highest BCUT2D eigenvalue weighted by Crippen LogP contribution is 2.30. The number of nitrogens with two attached hydrogens (primary N) is 1. The third-order valence-corrected chi connectivity index (χ3v) is 4.45. The molecule has 3 N–H and O–H groups in total. The number of amides is 1. The van der Waals surface area contributed by atoms with Gasteiger partial charge in [-0.3, -0.25) is 9.69 Å². The first-order valence-corrected chi connectivity index (χ1v) is 8.77. The molecule has 1 atom stereocenters. The van der Waals surface area contributed by atoms with Gasteiger partial charge in [-0.15, -0.1) is 0 Å². The first-order chi connectivity index (χ1) is 12.8. The van der Waals surface area contributed by atoms with Crippen LogP contribution in [0.5, 0.6) is 0 Å². The zero-order valence-electron chi connectivity index (χ0n) is 15.3. The van der Waals surface area contributed by atoms with Gasteiger partial charge >= 0.3 is 6.18 Å². The van der Waals surface area contributed by atoms with Crippen LogP contribution in [0.15, 0.2) is 41.0 Å². The molecule has 0 aliphatic carbocycles. The van der Waals surface area contributed by atoms with Crippen molar-refractivity contribution in [3.05, 3.63) is 59.0 Å². The summed E-state index contributed by atoms with van der Waals surface area (Å²) in [4.78, 5) is 14.4. The number of hydrogen-bond donors (Lipinski definition) is 2. The quantitative estimate of drug-likeness (QED) is 0.731. The molecule has 0 aliphatic heterocycles. The second-order valence-corrected chi connectivity index (χ2v) is 6.07. The Labute approximate surface area is 156 Å². The Morgan fingerprint density at radius 3 is 2.33 bits per heavy atom. The van der Waals surface area contributed by atoms with Crippen molar-refractivity contribution in [1.82, 2.24) is 10.2 Å². The van der Waals surface area contributed by atoms with Crippen molar-refractivity contribution in [2.45, 2.75) is 32.6 Å². The summed E-state index contributed by atoms with van der Waals surface area (Å²) in [6.45, 7) is 5.77. The summed E-state index contributed by atoms with van der Waals surface area (Å²) in [5.41, 5.74) is 5.85. The maximum atomic E-state index is 12.8. The van der Waals surface area contributed by atoms with Gasteiger partial charge in [0.1, 0.15) is 12.0 Å². The van der Waals surface area contributed by atoms with Crippen LogP contribution in [-0.4, -0.2) is 30.4 Å². The fourth-order valence-electron chi connectivity index (χ4n) is 2.91. The van der Waals surface area contributed by atoms with Gasteiger partial charge in [0.15, 0.2) is 0 Å². The SMILES string of the molecule is CCN(CC)C(CNC(=O)c1coc(CN)c1)c1ccc(C(F)(F)F)cc1. The van der Waals surface area contributed by atoms with E-state index in [4.69, 9.17) is 10.2 Å². The lowest BCUT2D eigenvalue weighted by molar-refractivity contribution is -0.137. The first kappa shape index (κ1) is 21.0. The van der Waals surface area contributed by atoms with Crippen molar-refractivity contribution in [3.8, 4) is 0 Å². The van der Waals surface area contributed by atoms with Gasteiger partial charge in [0.25, 0.3) is 5.91 Å². The largest absolute Gasteiger partial charge is 0.467 e. The topological polar surface area (TPSA) is 71.5 Å². The molecule has 0 saturated heterocycles. The molecule has 0 aliphatic rings. The number of carbonyl (C=O) groups excluding carboxylic acids is 1. The summed E-state index contributed by atoms with van der Waals surface area (Å²) in [6, 6.07) is 6.38. The average molecular weight is 383 g/mol. The fraction of sp³-hybridized carbons (Fsp3) is 0.421. The number of nitrogens with one attached hydrogen (secondary N) is 1. The third kappa shape index (κ3) is 5.33. The lowest BCUT2D eigenvalue weighted by Crippen LogP contribution is -2.38. The van der Waals surface area contributed by atoms with Crippen LogP contribution in [0.2, 0.25) is 0 Å². The molecule has 148 valence electrons. The third-order valence-electron chi connectivity index (χ3n) is 4.45. The van der Waals surface area contributed by atoms with Crippen molar-refractivity contribution in [2.24, 2.45) is 5.73 Å². The van der Waals surface area contributed by atoms with Gasteiger partial charge in [-0.2, -0.15) is 13.2 Å². The molecule has 27 heavy (non-hydrogen) atoms. The number of hydrogen-bond acceptors (Lipinski definition) is 4. The van der Waals surface area contributed by atoms with E-state index in [1.807, 2.05) is 13.8 Å². The van der Waals surface area contributed by atoms with Crippen molar-refractivity contribution < 1.29 is 22.4 Å². The van der Waals surface area contributed by atoms with Gasteiger partial charge in [0, 0.05) is 6.54 Å². The Bertz CT molecular complexity index is 737. The monoisotopic (exact) mass is 383 g/mol. The first-order valence-electron chi connectivity index (χ1n) is 8.77. The molecular formula is C19H24F3N3O2. The molecule has 0 spiro atoms. The normalized spacial score (nSPS) is 13.0. The van der Waals surface area contributed by atoms with Crippen LogP contribution in [0, 0.1) is 0 Å². The van der Waals surface area contributed by atoms with Crippen LogP contribution in [-0.2, 0) is 12.7 Å². The lowest BCUT2D eigenvalue weighted by atomic mass is 10.0. The van der Waals surface area contributed by atoms with E-state index < -0.39 is 11.7 Å². The Morgan fingerprint density at radius 2 is 1.85 bits per heavy atom. The molecule has 1 amide bonds. The number of alkyl halides is 3.